The number of unbranched alkanes of at least 4 members (excludes halogenated alkanes) is 2. The Bertz CT molecular complexity index is 910. The van der Waals surface area contributed by atoms with Crippen LogP contribution >= 0.6 is 0 Å². The third-order valence-corrected chi connectivity index (χ3v) is 6.61. The Balaban J connectivity index is 1.30. The van der Waals surface area contributed by atoms with Gasteiger partial charge < -0.3 is 14.9 Å². The van der Waals surface area contributed by atoms with Crippen LogP contribution in [0.2, 0.25) is 0 Å². The highest BCUT2D eigenvalue weighted by Crippen LogP contribution is 2.31. The SMILES string of the molecule is O=C(O)CCCCCN1CCN(c2ccc3c(c2)CN(C2CCC(=O)NC2=O)C3=O)CC1. The van der Waals surface area contributed by atoms with Gasteiger partial charge in [-0.05, 0) is 49.6 Å². The van der Waals surface area contributed by atoms with E-state index in [-0.39, 0.29) is 30.6 Å². The zero-order valence-electron chi connectivity index (χ0n) is 18.2. The van der Waals surface area contributed by atoms with E-state index in [1.54, 1.807) is 4.90 Å². The van der Waals surface area contributed by atoms with Gasteiger partial charge in [0.05, 0.1) is 0 Å². The number of carbonyl (C=O) groups excluding carboxylic acids is 3. The summed E-state index contributed by atoms with van der Waals surface area (Å²) in [6.45, 7) is 5.10. The number of anilines is 1. The second-order valence-electron chi connectivity index (χ2n) is 8.77. The van der Waals surface area contributed by atoms with Gasteiger partial charge in [-0.2, -0.15) is 0 Å². The summed E-state index contributed by atoms with van der Waals surface area (Å²) in [4.78, 5) is 53.4. The Morgan fingerprint density at radius 3 is 2.56 bits per heavy atom. The van der Waals surface area contributed by atoms with Crippen molar-refractivity contribution >= 4 is 29.4 Å². The molecular formula is C23H30N4O5. The van der Waals surface area contributed by atoms with E-state index in [0.29, 0.717) is 18.5 Å². The molecule has 2 fully saturated rings. The highest BCUT2D eigenvalue weighted by Gasteiger charge is 2.39. The van der Waals surface area contributed by atoms with Gasteiger partial charge in [-0.3, -0.25) is 29.4 Å². The first-order valence-electron chi connectivity index (χ1n) is 11.4. The summed E-state index contributed by atoms with van der Waals surface area (Å²) in [6, 6.07) is 5.30. The van der Waals surface area contributed by atoms with Crippen LogP contribution in [0.3, 0.4) is 0 Å². The molecule has 1 aromatic rings. The monoisotopic (exact) mass is 442 g/mol. The van der Waals surface area contributed by atoms with Crippen LogP contribution in [0.25, 0.3) is 0 Å². The Hall–Kier alpha value is -2.94. The van der Waals surface area contributed by atoms with Gasteiger partial charge in [0.1, 0.15) is 6.04 Å². The number of hydrogen-bond acceptors (Lipinski definition) is 6. The summed E-state index contributed by atoms with van der Waals surface area (Å²) in [5.41, 5.74) is 2.65. The third kappa shape index (κ3) is 4.93. The normalized spacial score (nSPS) is 21.6. The standard InChI is InChI=1S/C23H30N4O5/c28-20-8-7-19(22(31)24-20)27-15-16-14-17(5-6-18(16)23(27)32)26-12-10-25(11-13-26)9-3-1-2-4-21(29)30/h5-6,14,19H,1-4,7-13,15H2,(H,29,30)(H,24,28,31). The number of hydrogen-bond donors (Lipinski definition) is 2. The van der Waals surface area contributed by atoms with E-state index in [1.807, 2.05) is 12.1 Å². The first-order chi connectivity index (χ1) is 15.4. The zero-order valence-corrected chi connectivity index (χ0v) is 18.2. The number of carbonyl (C=O) groups is 4. The zero-order chi connectivity index (χ0) is 22.7. The first-order valence-corrected chi connectivity index (χ1v) is 11.4. The van der Waals surface area contributed by atoms with E-state index in [0.717, 1.165) is 63.2 Å². The average molecular weight is 443 g/mol. The molecule has 3 amide bonds. The van der Waals surface area contributed by atoms with E-state index in [4.69, 9.17) is 5.11 Å². The van der Waals surface area contributed by atoms with Crippen LogP contribution in [0, 0.1) is 0 Å². The predicted octanol–water partition coefficient (Wildman–Crippen LogP) is 1.21. The number of rotatable bonds is 8. The van der Waals surface area contributed by atoms with Crippen molar-refractivity contribution < 1.29 is 24.3 Å². The molecule has 0 spiro atoms. The first kappa shape index (κ1) is 22.3. The molecule has 0 bridgehead atoms. The van der Waals surface area contributed by atoms with E-state index in [1.165, 1.54) is 0 Å². The number of benzene rings is 1. The van der Waals surface area contributed by atoms with E-state index >= 15 is 0 Å². The van der Waals surface area contributed by atoms with Gasteiger partial charge >= 0.3 is 5.97 Å². The summed E-state index contributed by atoms with van der Waals surface area (Å²) in [6.07, 6.45) is 3.56. The van der Waals surface area contributed by atoms with E-state index in [2.05, 4.69) is 21.2 Å². The van der Waals surface area contributed by atoms with Gasteiger partial charge in [-0.1, -0.05) is 6.42 Å². The maximum atomic E-state index is 12.8. The molecule has 1 aromatic carbocycles. The van der Waals surface area contributed by atoms with Crippen molar-refractivity contribution in [1.29, 1.82) is 0 Å². The van der Waals surface area contributed by atoms with Crippen molar-refractivity contribution in [2.75, 3.05) is 37.6 Å². The topological polar surface area (TPSA) is 110 Å². The largest absolute Gasteiger partial charge is 0.481 e. The number of fused-ring (bicyclic) bond motifs is 1. The lowest BCUT2D eigenvalue weighted by Crippen LogP contribution is -2.52. The van der Waals surface area contributed by atoms with Crippen LogP contribution in [0.1, 0.15) is 54.4 Å². The second-order valence-corrected chi connectivity index (χ2v) is 8.77. The molecule has 32 heavy (non-hydrogen) atoms. The molecule has 9 nitrogen and oxygen atoms in total. The fraction of sp³-hybridized carbons (Fsp3) is 0.565. The van der Waals surface area contributed by atoms with Crippen LogP contribution in [0.5, 0.6) is 0 Å². The number of carboxylic acid groups (broad SMARTS) is 1. The molecule has 9 heteroatoms. The fourth-order valence-electron chi connectivity index (χ4n) is 4.78. The Labute approximate surface area is 187 Å². The van der Waals surface area contributed by atoms with Gasteiger partial charge in [-0.15, -0.1) is 0 Å². The molecule has 0 aliphatic carbocycles. The molecule has 3 aliphatic heterocycles. The molecule has 4 rings (SSSR count). The summed E-state index contributed by atoms with van der Waals surface area (Å²) >= 11 is 0. The smallest absolute Gasteiger partial charge is 0.303 e. The van der Waals surface area contributed by atoms with Crippen LogP contribution < -0.4 is 10.2 Å². The van der Waals surface area contributed by atoms with Crippen LogP contribution in [0.15, 0.2) is 18.2 Å². The predicted molar refractivity (Wildman–Crippen MR) is 117 cm³/mol. The Kier molecular flexibility index (Phi) is 6.74. The number of aliphatic carboxylic acids is 1. The molecule has 0 saturated carbocycles. The van der Waals surface area contributed by atoms with E-state index < -0.39 is 12.0 Å². The number of imide groups is 1. The summed E-state index contributed by atoms with van der Waals surface area (Å²) in [7, 11) is 0. The highest BCUT2D eigenvalue weighted by molar-refractivity contribution is 6.05. The molecule has 3 heterocycles. The van der Waals surface area contributed by atoms with Gasteiger partial charge in [0.2, 0.25) is 11.8 Å². The van der Waals surface area contributed by atoms with Crippen LogP contribution in [0.4, 0.5) is 5.69 Å². The minimum Gasteiger partial charge on any atom is -0.481 e. The van der Waals surface area contributed by atoms with Crippen molar-refractivity contribution in [3.05, 3.63) is 29.3 Å². The number of nitrogens with one attached hydrogen (secondary N) is 1. The lowest BCUT2D eigenvalue weighted by molar-refractivity contribution is -0.138. The van der Waals surface area contributed by atoms with Crippen molar-refractivity contribution in [1.82, 2.24) is 15.1 Å². The molecule has 1 atom stereocenters. The molecule has 3 aliphatic rings. The van der Waals surface area contributed by atoms with Gasteiger partial charge in [0, 0.05) is 56.8 Å². The number of amides is 3. The van der Waals surface area contributed by atoms with Crippen molar-refractivity contribution in [3.63, 3.8) is 0 Å². The maximum absolute atomic E-state index is 12.8. The lowest BCUT2D eigenvalue weighted by Gasteiger charge is -2.36. The fourth-order valence-corrected chi connectivity index (χ4v) is 4.78. The summed E-state index contributed by atoms with van der Waals surface area (Å²) in [5, 5.41) is 11.0. The highest BCUT2D eigenvalue weighted by atomic mass is 16.4. The molecule has 2 N–H and O–H groups in total. The average Bonchev–Trinajstić information content (AvgIpc) is 3.09. The Morgan fingerprint density at radius 1 is 1.06 bits per heavy atom. The summed E-state index contributed by atoms with van der Waals surface area (Å²) in [5.74, 6) is -1.54. The molecule has 1 unspecified atom stereocenters. The number of nitrogens with zero attached hydrogens (tertiary/aromatic N) is 3. The third-order valence-electron chi connectivity index (χ3n) is 6.61. The Morgan fingerprint density at radius 2 is 1.84 bits per heavy atom. The van der Waals surface area contributed by atoms with Crippen LogP contribution in [-0.4, -0.2) is 77.4 Å². The van der Waals surface area contributed by atoms with Gasteiger partial charge in [0.25, 0.3) is 5.91 Å². The van der Waals surface area contributed by atoms with Gasteiger partial charge in [-0.25, -0.2) is 0 Å². The van der Waals surface area contributed by atoms with Crippen molar-refractivity contribution in [3.8, 4) is 0 Å². The lowest BCUT2D eigenvalue weighted by atomic mass is 10.0. The molecule has 172 valence electrons. The quantitative estimate of drug-likeness (QED) is 0.460. The number of piperazine rings is 1. The summed E-state index contributed by atoms with van der Waals surface area (Å²) < 4.78 is 0. The molecule has 2 saturated heterocycles. The van der Waals surface area contributed by atoms with Crippen molar-refractivity contribution in [2.45, 2.75) is 51.1 Å². The van der Waals surface area contributed by atoms with Gasteiger partial charge in [0.15, 0.2) is 0 Å². The molecular weight excluding hydrogens is 412 g/mol. The minimum absolute atomic E-state index is 0.145. The number of carboxylic acids is 1. The minimum atomic E-state index is -0.727. The molecule has 0 aromatic heterocycles. The maximum Gasteiger partial charge on any atom is 0.303 e. The van der Waals surface area contributed by atoms with E-state index in [9.17, 15) is 19.2 Å². The second kappa shape index (κ2) is 9.68. The molecule has 0 radical (unpaired) electrons. The van der Waals surface area contributed by atoms with Crippen LogP contribution in [-0.2, 0) is 20.9 Å². The number of piperidine rings is 1. The van der Waals surface area contributed by atoms with Crippen molar-refractivity contribution in [2.24, 2.45) is 0 Å².